The van der Waals surface area contributed by atoms with E-state index in [1.165, 1.54) is 0 Å². The second kappa shape index (κ2) is 4.90. The van der Waals surface area contributed by atoms with Gasteiger partial charge in [-0.25, -0.2) is 4.79 Å². The van der Waals surface area contributed by atoms with Crippen molar-refractivity contribution < 1.29 is 14.3 Å². The molecule has 4 heteroatoms. The fraction of sp³-hybridized carbons (Fsp3) is 0.857. The number of hydrogen-bond acceptors (Lipinski definition) is 3. The summed E-state index contributed by atoms with van der Waals surface area (Å²) in [6.45, 7) is 6.58. The van der Waals surface area contributed by atoms with Crippen LogP contribution in [0.15, 0.2) is 0 Å². The van der Waals surface area contributed by atoms with Crippen LogP contribution in [-0.4, -0.2) is 24.5 Å². The largest absolute Gasteiger partial charge is 0.464 e. The molecule has 0 bridgehead atoms. The Bertz CT molecular complexity index is 355. The normalized spacial score (nSPS) is 39.7. The number of esters is 1. The molecule has 2 fully saturated rings. The first-order valence-corrected chi connectivity index (χ1v) is 6.95. The molecule has 2 aliphatic rings. The number of nitrogens with one attached hydrogen (secondary N) is 1. The number of hydrogen-bond donors (Lipinski definition) is 1. The van der Waals surface area contributed by atoms with Crippen molar-refractivity contribution in [1.82, 2.24) is 5.32 Å². The first-order chi connectivity index (χ1) is 8.49. The number of carbonyl (C=O) groups excluding carboxylic acids is 2. The molecule has 1 heterocycles. The van der Waals surface area contributed by atoms with Crippen molar-refractivity contribution in [3.8, 4) is 0 Å². The highest BCUT2D eigenvalue weighted by atomic mass is 16.5. The lowest BCUT2D eigenvalue weighted by atomic mass is 9.60. The number of ether oxygens (including phenoxy) is 1. The highest BCUT2D eigenvalue weighted by molar-refractivity contribution is 5.90. The molecular weight excluding hydrogens is 230 g/mol. The maximum Gasteiger partial charge on any atom is 0.329 e. The lowest BCUT2D eigenvalue weighted by Gasteiger charge is -2.43. The van der Waals surface area contributed by atoms with Crippen LogP contribution in [0.25, 0.3) is 0 Å². The predicted molar refractivity (Wildman–Crippen MR) is 67.8 cm³/mol. The molecule has 4 unspecified atom stereocenters. The van der Waals surface area contributed by atoms with Crippen LogP contribution in [0.1, 0.15) is 46.5 Å². The molecule has 2 rings (SSSR count). The Labute approximate surface area is 108 Å². The number of carbonyl (C=O) groups is 2. The van der Waals surface area contributed by atoms with Gasteiger partial charge in [-0.2, -0.15) is 0 Å². The monoisotopic (exact) mass is 253 g/mol. The summed E-state index contributed by atoms with van der Waals surface area (Å²) in [7, 11) is 0. The molecule has 1 aliphatic heterocycles. The summed E-state index contributed by atoms with van der Waals surface area (Å²) >= 11 is 0. The maximum absolute atomic E-state index is 12.1. The van der Waals surface area contributed by atoms with Crippen molar-refractivity contribution in [3.63, 3.8) is 0 Å². The highest BCUT2D eigenvalue weighted by Crippen LogP contribution is 2.50. The minimum absolute atomic E-state index is 0.00513. The average Bonchev–Trinajstić information content (AvgIpc) is 2.63. The third kappa shape index (κ3) is 2.13. The fourth-order valence-electron chi connectivity index (χ4n) is 3.69. The summed E-state index contributed by atoms with van der Waals surface area (Å²) in [5.74, 6) is 0.804. The molecule has 18 heavy (non-hydrogen) atoms. The standard InChI is InChI=1S/C14H23NO3/c1-4-18-13(17)12-14(8-11(16)15-12)6-5-9(2)7-10(14)3/h9-10,12H,4-8H2,1-3H3,(H,15,16). The molecule has 1 N–H and O–H groups in total. The van der Waals surface area contributed by atoms with Gasteiger partial charge in [0.2, 0.25) is 5.91 Å². The molecule has 0 aromatic rings. The molecule has 4 atom stereocenters. The molecule has 1 amide bonds. The lowest BCUT2D eigenvalue weighted by Crippen LogP contribution is -2.49. The van der Waals surface area contributed by atoms with Gasteiger partial charge in [0.15, 0.2) is 0 Å². The predicted octanol–water partition coefficient (Wildman–Crippen LogP) is 1.88. The zero-order valence-corrected chi connectivity index (χ0v) is 11.5. The van der Waals surface area contributed by atoms with Gasteiger partial charge in [0.25, 0.3) is 0 Å². The van der Waals surface area contributed by atoms with Crippen LogP contribution in [0.5, 0.6) is 0 Å². The topological polar surface area (TPSA) is 55.4 Å². The van der Waals surface area contributed by atoms with Gasteiger partial charge in [-0.15, -0.1) is 0 Å². The van der Waals surface area contributed by atoms with Crippen LogP contribution in [0.3, 0.4) is 0 Å². The third-order valence-corrected chi connectivity index (χ3v) is 4.73. The van der Waals surface area contributed by atoms with E-state index in [4.69, 9.17) is 4.74 Å². The Morgan fingerprint density at radius 3 is 2.83 bits per heavy atom. The summed E-state index contributed by atoms with van der Waals surface area (Å²) in [4.78, 5) is 23.8. The minimum Gasteiger partial charge on any atom is -0.464 e. The zero-order valence-electron chi connectivity index (χ0n) is 11.5. The van der Waals surface area contributed by atoms with Gasteiger partial charge in [-0.05, 0) is 31.6 Å². The molecule has 0 aromatic carbocycles. The van der Waals surface area contributed by atoms with Crippen molar-refractivity contribution in [1.29, 1.82) is 0 Å². The van der Waals surface area contributed by atoms with E-state index in [2.05, 4.69) is 19.2 Å². The molecule has 0 aromatic heterocycles. The van der Waals surface area contributed by atoms with Crippen LogP contribution in [0.4, 0.5) is 0 Å². The molecule has 102 valence electrons. The average molecular weight is 253 g/mol. The summed E-state index contributed by atoms with van der Waals surface area (Å²) in [6.07, 6.45) is 3.60. The molecule has 1 saturated heterocycles. The van der Waals surface area contributed by atoms with E-state index in [1.807, 2.05) is 0 Å². The Morgan fingerprint density at radius 1 is 1.50 bits per heavy atom. The van der Waals surface area contributed by atoms with Gasteiger partial charge in [-0.3, -0.25) is 4.79 Å². The van der Waals surface area contributed by atoms with E-state index in [-0.39, 0.29) is 17.3 Å². The van der Waals surface area contributed by atoms with Gasteiger partial charge in [0.05, 0.1) is 6.61 Å². The van der Waals surface area contributed by atoms with Gasteiger partial charge in [-0.1, -0.05) is 20.3 Å². The SMILES string of the molecule is CCOC(=O)C1NC(=O)CC12CCC(C)CC2C. The number of rotatable bonds is 2. The Kier molecular flexibility index (Phi) is 3.64. The van der Waals surface area contributed by atoms with Crippen LogP contribution in [-0.2, 0) is 14.3 Å². The van der Waals surface area contributed by atoms with E-state index < -0.39 is 6.04 Å². The van der Waals surface area contributed by atoms with Gasteiger partial charge < -0.3 is 10.1 Å². The van der Waals surface area contributed by atoms with Crippen LogP contribution < -0.4 is 5.32 Å². The van der Waals surface area contributed by atoms with Crippen LogP contribution in [0.2, 0.25) is 0 Å². The lowest BCUT2D eigenvalue weighted by molar-refractivity contribution is -0.150. The van der Waals surface area contributed by atoms with Crippen LogP contribution in [0, 0.1) is 17.3 Å². The van der Waals surface area contributed by atoms with Gasteiger partial charge in [0.1, 0.15) is 6.04 Å². The van der Waals surface area contributed by atoms with Crippen molar-refractivity contribution in [2.45, 2.75) is 52.5 Å². The summed E-state index contributed by atoms with van der Waals surface area (Å²) in [6, 6.07) is -0.438. The first-order valence-electron chi connectivity index (χ1n) is 6.95. The quantitative estimate of drug-likeness (QED) is 0.764. The smallest absolute Gasteiger partial charge is 0.329 e. The molecule has 1 saturated carbocycles. The Morgan fingerprint density at radius 2 is 2.22 bits per heavy atom. The van der Waals surface area contributed by atoms with Crippen molar-refractivity contribution in [3.05, 3.63) is 0 Å². The van der Waals surface area contributed by atoms with Gasteiger partial charge in [0, 0.05) is 11.8 Å². The summed E-state index contributed by atoms with van der Waals surface area (Å²) in [5.41, 5.74) is -0.212. The Balaban J connectivity index is 2.22. The maximum atomic E-state index is 12.1. The van der Waals surface area contributed by atoms with E-state index >= 15 is 0 Å². The minimum atomic E-state index is -0.438. The van der Waals surface area contributed by atoms with E-state index in [9.17, 15) is 9.59 Å². The van der Waals surface area contributed by atoms with Crippen LogP contribution >= 0.6 is 0 Å². The van der Waals surface area contributed by atoms with E-state index in [0.717, 1.165) is 19.3 Å². The van der Waals surface area contributed by atoms with E-state index in [1.54, 1.807) is 6.92 Å². The fourth-order valence-corrected chi connectivity index (χ4v) is 3.69. The van der Waals surface area contributed by atoms with Crippen molar-refractivity contribution in [2.24, 2.45) is 17.3 Å². The zero-order chi connectivity index (χ0) is 13.3. The number of amides is 1. The molecular formula is C14H23NO3. The molecule has 1 aliphatic carbocycles. The second-order valence-electron chi connectivity index (χ2n) is 5.94. The first kappa shape index (κ1) is 13.4. The Hall–Kier alpha value is -1.06. The summed E-state index contributed by atoms with van der Waals surface area (Å²) < 4.78 is 5.12. The summed E-state index contributed by atoms with van der Waals surface area (Å²) in [5, 5.41) is 2.83. The molecule has 0 radical (unpaired) electrons. The third-order valence-electron chi connectivity index (χ3n) is 4.73. The molecule has 4 nitrogen and oxygen atoms in total. The van der Waals surface area contributed by atoms with Crippen molar-refractivity contribution >= 4 is 11.9 Å². The second-order valence-corrected chi connectivity index (χ2v) is 5.94. The van der Waals surface area contributed by atoms with Crippen molar-refractivity contribution in [2.75, 3.05) is 6.61 Å². The van der Waals surface area contributed by atoms with E-state index in [0.29, 0.717) is 24.9 Å². The highest BCUT2D eigenvalue weighted by Gasteiger charge is 2.55. The van der Waals surface area contributed by atoms with Gasteiger partial charge >= 0.3 is 5.97 Å². The molecule has 1 spiro atoms.